The maximum atomic E-state index is 12.8. The van der Waals surface area contributed by atoms with Gasteiger partial charge in [-0.3, -0.25) is 0 Å². The molecule has 1 aromatic rings. The van der Waals surface area contributed by atoms with Gasteiger partial charge in [-0.15, -0.1) is 0 Å². The first kappa shape index (κ1) is 9.50. The van der Waals surface area contributed by atoms with Gasteiger partial charge in [-0.05, 0) is 36.5 Å². The molecule has 0 heterocycles. The van der Waals surface area contributed by atoms with Crippen LogP contribution in [0.3, 0.4) is 0 Å². The fourth-order valence-electron chi connectivity index (χ4n) is 1.75. The van der Waals surface area contributed by atoms with Crippen LogP contribution in [-0.2, 0) is 6.42 Å². The largest absolute Gasteiger partial charge is 0.396 e. The van der Waals surface area contributed by atoms with Crippen LogP contribution in [0.15, 0.2) is 18.2 Å². The van der Waals surface area contributed by atoms with E-state index in [1.54, 1.807) is 6.07 Å². The van der Waals surface area contributed by atoms with Gasteiger partial charge in [0.15, 0.2) is 0 Å². The topological polar surface area (TPSA) is 26.0 Å². The molecule has 0 aliphatic heterocycles. The molecular weight excluding hydrogens is 177 g/mol. The van der Waals surface area contributed by atoms with E-state index in [9.17, 15) is 4.39 Å². The lowest BCUT2D eigenvalue weighted by molar-refractivity contribution is 0.629. The molecule has 0 aromatic heterocycles. The summed E-state index contributed by atoms with van der Waals surface area (Å²) in [7, 11) is 0. The summed E-state index contributed by atoms with van der Waals surface area (Å²) in [6, 6.07) is 5.04. The second-order valence-corrected chi connectivity index (χ2v) is 4.19. The molecule has 1 saturated carbocycles. The minimum Gasteiger partial charge on any atom is -0.396 e. The van der Waals surface area contributed by atoms with Gasteiger partial charge < -0.3 is 5.73 Å². The van der Waals surface area contributed by atoms with Gasteiger partial charge in [0.25, 0.3) is 0 Å². The molecule has 0 atom stereocenters. The number of anilines is 1. The van der Waals surface area contributed by atoms with E-state index in [1.165, 1.54) is 31.7 Å². The van der Waals surface area contributed by atoms with Crippen molar-refractivity contribution in [2.24, 2.45) is 5.92 Å². The van der Waals surface area contributed by atoms with Crippen molar-refractivity contribution in [2.45, 2.75) is 32.1 Å². The van der Waals surface area contributed by atoms with Crippen molar-refractivity contribution in [2.75, 3.05) is 5.73 Å². The second kappa shape index (κ2) is 3.99. The number of benzene rings is 1. The molecule has 2 N–H and O–H groups in total. The highest BCUT2D eigenvalue weighted by Crippen LogP contribution is 2.33. The minimum atomic E-state index is -0.309. The SMILES string of the molecule is Nc1cc(CCCC2CC2)ccc1F. The zero-order valence-corrected chi connectivity index (χ0v) is 8.30. The van der Waals surface area contributed by atoms with E-state index in [0.29, 0.717) is 0 Å². The van der Waals surface area contributed by atoms with Crippen LogP contribution in [-0.4, -0.2) is 0 Å². The molecule has 2 rings (SSSR count). The first-order chi connectivity index (χ1) is 6.75. The van der Waals surface area contributed by atoms with Crippen LogP contribution in [0.5, 0.6) is 0 Å². The summed E-state index contributed by atoms with van der Waals surface area (Å²) < 4.78 is 12.8. The normalized spacial score (nSPS) is 15.8. The Bertz CT molecular complexity index is 318. The quantitative estimate of drug-likeness (QED) is 0.730. The van der Waals surface area contributed by atoms with Crippen molar-refractivity contribution in [1.29, 1.82) is 0 Å². The van der Waals surface area contributed by atoms with E-state index < -0.39 is 0 Å². The highest BCUT2D eigenvalue weighted by molar-refractivity contribution is 5.42. The highest BCUT2D eigenvalue weighted by Gasteiger charge is 2.19. The number of rotatable bonds is 4. The first-order valence-electron chi connectivity index (χ1n) is 5.29. The van der Waals surface area contributed by atoms with Crippen molar-refractivity contribution in [3.05, 3.63) is 29.6 Å². The molecule has 1 fully saturated rings. The lowest BCUT2D eigenvalue weighted by Gasteiger charge is -2.02. The summed E-state index contributed by atoms with van der Waals surface area (Å²) in [6.07, 6.45) is 6.37. The average Bonchev–Trinajstić information content (AvgIpc) is 2.95. The zero-order chi connectivity index (χ0) is 9.97. The molecule has 76 valence electrons. The zero-order valence-electron chi connectivity index (χ0n) is 8.30. The number of hydrogen-bond acceptors (Lipinski definition) is 1. The smallest absolute Gasteiger partial charge is 0.146 e. The number of nitrogens with two attached hydrogens (primary N) is 1. The van der Waals surface area contributed by atoms with Crippen molar-refractivity contribution in [3.8, 4) is 0 Å². The molecule has 14 heavy (non-hydrogen) atoms. The Morgan fingerprint density at radius 2 is 2.14 bits per heavy atom. The molecular formula is C12H16FN. The third kappa shape index (κ3) is 2.47. The maximum absolute atomic E-state index is 12.8. The number of nitrogen functional groups attached to an aromatic ring is 1. The third-order valence-corrected chi connectivity index (χ3v) is 2.84. The molecule has 0 saturated heterocycles. The predicted molar refractivity (Wildman–Crippen MR) is 56.5 cm³/mol. The van der Waals surface area contributed by atoms with E-state index in [-0.39, 0.29) is 11.5 Å². The molecule has 0 spiro atoms. The molecule has 0 bridgehead atoms. The van der Waals surface area contributed by atoms with Gasteiger partial charge in [0.1, 0.15) is 5.82 Å². The molecule has 2 heteroatoms. The van der Waals surface area contributed by atoms with Crippen LogP contribution in [0.4, 0.5) is 10.1 Å². The Balaban J connectivity index is 1.85. The highest BCUT2D eigenvalue weighted by atomic mass is 19.1. The van der Waals surface area contributed by atoms with Crippen molar-refractivity contribution in [1.82, 2.24) is 0 Å². The van der Waals surface area contributed by atoms with Crippen molar-refractivity contribution < 1.29 is 4.39 Å². The van der Waals surface area contributed by atoms with E-state index in [0.717, 1.165) is 17.9 Å². The monoisotopic (exact) mass is 193 g/mol. The van der Waals surface area contributed by atoms with Gasteiger partial charge in [0.05, 0.1) is 5.69 Å². The Labute approximate surface area is 84.1 Å². The second-order valence-electron chi connectivity index (χ2n) is 4.19. The Hall–Kier alpha value is -1.05. The summed E-state index contributed by atoms with van der Waals surface area (Å²) in [5, 5.41) is 0. The van der Waals surface area contributed by atoms with E-state index in [1.807, 2.05) is 6.07 Å². The molecule has 0 unspecified atom stereocenters. The van der Waals surface area contributed by atoms with Gasteiger partial charge in [-0.1, -0.05) is 25.3 Å². The molecule has 1 aromatic carbocycles. The lowest BCUT2D eigenvalue weighted by atomic mass is 10.1. The Kier molecular flexibility index (Phi) is 2.71. The first-order valence-corrected chi connectivity index (χ1v) is 5.29. The van der Waals surface area contributed by atoms with E-state index in [2.05, 4.69) is 0 Å². The maximum Gasteiger partial charge on any atom is 0.146 e. The molecule has 0 amide bonds. The minimum absolute atomic E-state index is 0.272. The van der Waals surface area contributed by atoms with Gasteiger partial charge >= 0.3 is 0 Å². The van der Waals surface area contributed by atoms with E-state index in [4.69, 9.17) is 5.73 Å². The standard InChI is InChI=1S/C12H16FN/c13-11-7-6-10(8-12(11)14)3-1-2-9-4-5-9/h6-9H,1-5,14H2. The molecule has 1 aliphatic carbocycles. The van der Waals surface area contributed by atoms with Crippen molar-refractivity contribution in [3.63, 3.8) is 0 Å². The summed E-state index contributed by atoms with van der Waals surface area (Å²) in [4.78, 5) is 0. The van der Waals surface area contributed by atoms with E-state index >= 15 is 0 Å². The predicted octanol–water partition coefficient (Wildman–Crippen LogP) is 3.14. The van der Waals surface area contributed by atoms with Crippen LogP contribution >= 0.6 is 0 Å². The lowest BCUT2D eigenvalue weighted by Crippen LogP contribution is -1.93. The number of hydrogen-bond donors (Lipinski definition) is 1. The van der Waals surface area contributed by atoms with Gasteiger partial charge in [0.2, 0.25) is 0 Å². The number of halogens is 1. The molecule has 1 nitrogen and oxygen atoms in total. The average molecular weight is 193 g/mol. The fourth-order valence-corrected chi connectivity index (χ4v) is 1.75. The number of aryl methyl sites for hydroxylation is 1. The summed E-state index contributed by atoms with van der Waals surface area (Å²) >= 11 is 0. The summed E-state index contributed by atoms with van der Waals surface area (Å²) in [5.41, 5.74) is 6.92. The summed E-state index contributed by atoms with van der Waals surface area (Å²) in [5.74, 6) is 0.670. The van der Waals surface area contributed by atoms with Crippen LogP contribution in [0.1, 0.15) is 31.2 Å². The van der Waals surface area contributed by atoms with Gasteiger partial charge in [-0.25, -0.2) is 4.39 Å². The van der Waals surface area contributed by atoms with Crippen LogP contribution < -0.4 is 5.73 Å². The Morgan fingerprint density at radius 1 is 1.36 bits per heavy atom. The molecule has 1 aliphatic rings. The fraction of sp³-hybridized carbons (Fsp3) is 0.500. The van der Waals surface area contributed by atoms with Crippen LogP contribution in [0.25, 0.3) is 0 Å². The van der Waals surface area contributed by atoms with Crippen LogP contribution in [0.2, 0.25) is 0 Å². The Morgan fingerprint density at radius 3 is 2.79 bits per heavy atom. The van der Waals surface area contributed by atoms with Crippen LogP contribution in [0, 0.1) is 11.7 Å². The third-order valence-electron chi connectivity index (χ3n) is 2.84. The summed E-state index contributed by atoms with van der Waals surface area (Å²) in [6.45, 7) is 0. The van der Waals surface area contributed by atoms with Crippen molar-refractivity contribution >= 4 is 5.69 Å². The van der Waals surface area contributed by atoms with Gasteiger partial charge in [0, 0.05) is 0 Å². The van der Waals surface area contributed by atoms with Gasteiger partial charge in [-0.2, -0.15) is 0 Å². The molecule has 0 radical (unpaired) electrons.